The quantitative estimate of drug-likeness (QED) is 0.304. The number of aryl methyl sites for hydroxylation is 2. The van der Waals surface area contributed by atoms with Crippen molar-refractivity contribution in [2.75, 3.05) is 6.54 Å². The third-order valence-electron chi connectivity index (χ3n) is 6.46. The molecular formula is C28H24Cl2FN5O. The Labute approximate surface area is 224 Å². The molecule has 0 saturated heterocycles. The van der Waals surface area contributed by atoms with Crippen LogP contribution in [0.5, 0.6) is 0 Å². The van der Waals surface area contributed by atoms with E-state index in [1.165, 1.54) is 22.4 Å². The molecule has 1 aliphatic heterocycles. The van der Waals surface area contributed by atoms with Crippen molar-refractivity contribution < 1.29 is 9.18 Å². The number of benzene rings is 3. The van der Waals surface area contributed by atoms with Gasteiger partial charge in [0.1, 0.15) is 18.0 Å². The van der Waals surface area contributed by atoms with Gasteiger partial charge in [0.05, 0.1) is 27.0 Å². The van der Waals surface area contributed by atoms with E-state index in [2.05, 4.69) is 33.4 Å². The second kappa shape index (κ2) is 10.1. The maximum atomic E-state index is 14.2. The third-order valence-corrected chi connectivity index (χ3v) is 7.06. The molecule has 1 N–H and O–H groups in total. The Bertz CT molecular complexity index is 1540. The van der Waals surface area contributed by atoms with Gasteiger partial charge in [-0.15, -0.1) is 0 Å². The zero-order valence-electron chi connectivity index (χ0n) is 20.5. The molecule has 1 aromatic heterocycles. The molecule has 188 valence electrons. The van der Waals surface area contributed by atoms with E-state index in [0.29, 0.717) is 11.5 Å². The first-order chi connectivity index (χ1) is 17.7. The number of rotatable bonds is 6. The minimum atomic E-state index is -0.426. The molecule has 1 aliphatic rings. The lowest BCUT2D eigenvalue weighted by Crippen LogP contribution is -2.29. The number of hydrogen-bond donors (Lipinski definition) is 1. The predicted octanol–water partition coefficient (Wildman–Crippen LogP) is 6.54. The molecular weight excluding hydrogens is 512 g/mol. The monoisotopic (exact) mass is 535 g/mol. The number of halogens is 3. The zero-order chi connectivity index (χ0) is 26.3. The first-order valence-electron chi connectivity index (χ1n) is 11.8. The van der Waals surface area contributed by atoms with Crippen molar-refractivity contribution in [1.82, 2.24) is 20.1 Å². The van der Waals surface area contributed by atoms with Gasteiger partial charge in [-0.3, -0.25) is 9.79 Å². The van der Waals surface area contributed by atoms with E-state index in [9.17, 15) is 9.18 Å². The summed E-state index contributed by atoms with van der Waals surface area (Å²) in [7, 11) is 0. The summed E-state index contributed by atoms with van der Waals surface area (Å²) in [6.07, 6.45) is 2.37. The number of amides is 1. The molecule has 1 atom stereocenters. The van der Waals surface area contributed by atoms with Gasteiger partial charge in [-0.05, 0) is 73.4 Å². The molecule has 6 nitrogen and oxygen atoms in total. The zero-order valence-corrected chi connectivity index (χ0v) is 22.0. The van der Waals surface area contributed by atoms with Crippen LogP contribution in [0.15, 0.2) is 59.9 Å². The van der Waals surface area contributed by atoms with Crippen molar-refractivity contribution in [3.63, 3.8) is 0 Å². The summed E-state index contributed by atoms with van der Waals surface area (Å²) in [5, 5.41) is 7.59. The number of hydrogen-bond acceptors (Lipinski definition) is 4. The van der Waals surface area contributed by atoms with E-state index in [4.69, 9.17) is 23.2 Å². The summed E-state index contributed by atoms with van der Waals surface area (Å²) < 4.78 is 15.7. The number of carbonyl (C=O) groups excluding carboxylic acids is 1. The van der Waals surface area contributed by atoms with Crippen LogP contribution in [0.25, 0.3) is 5.69 Å². The summed E-state index contributed by atoms with van der Waals surface area (Å²) in [6, 6.07) is 13.8. The molecule has 9 heteroatoms. The molecule has 0 saturated carbocycles. The van der Waals surface area contributed by atoms with Crippen molar-refractivity contribution in [2.45, 2.75) is 33.1 Å². The summed E-state index contributed by atoms with van der Waals surface area (Å²) in [4.78, 5) is 22.0. The highest BCUT2D eigenvalue weighted by atomic mass is 35.5. The Kier molecular flexibility index (Phi) is 6.84. The van der Waals surface area contributed by atoms with Crippen molar-refractivity contribution in [3.05, 3.63) is 104 Å². The summed E-state index contributed by atoms with van der Waals surface area (Å²) in [5.74, 6) is -0.482. The maximum absolute atomic E-state index is 14.2. The molecule has 0 bridgehead atoms. The molecule has 0 fully saturated rings. The minimum Gasteiger partial charge on any atom is -0.351 e. The van der Waals surface area contributed by atoms with Crippen LogP contribution in [0.1, 0.15) is 51.3 Å². The molecule has 0 spiro atoms. The number of nitrogens with one attached hydrogen (secondary N) is 1. The normalized spacial score (nSPS) is 13.3. The lowest BCUT2D eigenvalue weighted by atomic mass is 9.88. The van der Waals surface area contributed by atoms with Crippen LogP contribution < -0.4 is 5.32 Å². The van der Waals surface area contributed by atoms with Crippen LogP contribution in [-0.2, 0) is 6.42 Å². The molecule has 2 heterocycles. The van der Waals surface area contributed by atoms with Gasteiger partial charge in [0, 0.05) is 24.6 Å². The molecule has 0 radical (unpaired) electrons. The molecule has 37 heavy (non-hydrogen) atoms. The molecule has 4 aromatic rings. The van der Waals surface area contributed by atoms with E-state index < -0.39 is 5.91 Å². The highest BCUT2D eigenvalue weighted by Gasteiger charge is 2.23. The first-order valence-corrected chi connectivity index (χ1v) is 12.5. The number of aromatic nitrogens is 3. The first kappa shape index (κ1) is 25.1. The highest BCUT2D eigenvalue weighted by Crippen LogP contribution is 2.36. The van der Waals surface area contributed by atoms with Crippen molar-refractivity contribution >= 4 is 40.5 Å². The van der Waals surface area contributed by atoms with Crippen molar-refractivity contribution in [1.29, 1.82) is 0 Å². The van der Waals surface area contributed by atoms with Crippen molar-refractivity contribution in [3.8, 4) is 5.69 Å². The van der Waals surface area contributed by atoms with Gasteiger partial charge < -0.3 is 5.32 Å². The average Bonchev–Trinajstić information content (AvgIpc) is 3.44. The second-order valence-corrected chi connectivity index (χ2v) is 10.0. The van der Waals surface area contributed by atoms with Gasteiger partial charge in [0.2, 0.25) is 0 Å². The van der Waals surface area contributed by atoms with Crippen LogP contribution in [0.2, 0.25) is 10.0 Å². The Balaban J connectivity index is 1.45. The van der Waals surface area contributed by atoms with E-state index in [1.807, 2.05) is 19.1 Å². The number of nitrogens with zero attached hydrogens (tertiary/aromatic N) is 4. The van der Waals surface area contributed by atoms with Crippen LogP contribution >= 0.6 is 23.2 Å². The van der Waals surface area contributed by atoms with E-state index in [0.717, 1.165) is 34.5 Å². The molecule has 3 aromatic carbocycles. The van der Waals surface area contributed by atoms with Crippen LogP contribution in [-0.4, -0.2) is 32.9 Å². The average molecular weight is 536 g/mol. The molecule has 5 rings (SSSR count). The standard InChI is InChI=1S/C28H24Cl2FN5O/c1-15-7-19(10-26-22(15)8-16(2)34-26)23(18-5-4-6-20(31)9-18)13-32-28(37)27-24(29)11-21(12-25(27)30)36-14-33-17(3)35-36/h4-7,9-12,14,23H,8,13H2,1-3H3,(H,32,37)/t23-/m0/s1. The SMILES string of the molecule is CC1=Nc2cc([C@@H](CNC(=O)c3c(Cl)cc(-n4cnc(C)n4)cc3Cl)c3cccc(F)c3)cc(C)c2C1. The Morgan fingerprint density at radius 3 is 2.51 bits per heavy atom. The smallest absolute Gasteiger partial charge is 0.254 e. The largest absolute Gasteiger partial charge is 0.351 e. The fourth-order valence-corrected chi connectivity index (χ4v) is 5.32. The Morgan fingerprint density at radius 2 is 1.84 bits per heavy atom. The van der Waals surface area contributed by atoms with E-state index in [1.54, 1.807) is 31.5 Å². The fraction of sp³-hybridized carbons (Fsp3) is 0.214. The molecule has 0 aliphatic carbocycles. The summed E-state index contributed by atoms with van der Waals surface area (Å²) in [6.45, 7) is 6.04. The number of aliphatic imine (C=N–C) groups is 1. The fourth-order valence-electron chi connectivity index (χ4n) is 4.67. The van der Waals surface area contributed by atoms with Gasteiger partial charge >= 0.3 is 0 Å². The predicted molar refractivity (Wildman–Crippen MR) is 144 cm³/mol. The van der Waals surface area contributed by atoms with Gasteiger partial charge in [0.25, 0.3) is 5.91 Å². The van der Waals surface area contributed by atoms with E-state index >= 15 is 0 Å². The lowest BCUT2D eigenvalue weighted by Gasteiger charge is -2.21. The van der Waals surface area contributed by atoms with Crippen LogP contribution in [0, 0.1) is 19.7 Å². The summed E-state index contributed by atoms with van der Waals surface area (Å²) >= 11 is 13.0. The molecule has 1 amide bonds. The van der Waals surface area contributed by atoms with Gasteiger partial charge in [-0.1, -0.05) is 41.4 Å². The lowest BCUT2D eigenvalue weighted by molar-refractivity contribution is 0.0952. The van der Waals surface area contributed by atoms with Gasteiger partial charge in [-0.2, -0.15) is 5.10 Å². The van der Waals surface area contributed by atoms with Crippen LogP contribution in [0.3, 0.4) is 0 Å². The van der Waals surface area contributed by atoms with Gasteiger partial charge in [-0.25, -0.2) is 14.1 Å². The second-order valence-electron chi connectivity index (χ2n) is 9.20. The topological polar surface area (TPSA) is 72.2 Å². The maximum Gasteiger partial charge on any atom is 0.254 e. The minimum absolute atomic E-state index is 0.160. The van der Waals surface area contributed by atoms with E-state index in [-0.39, 0.29) is 33.9 Å². The van der Waals surface area contributed by atoms with Crippen LogP contribution in [0.4, 0.5) is 10.1 Å². The van der Waals surface area contributed by atoms with Gasteiger partial charge in [0.15, 0.2) is 0 Å². The number of fused-ring (bicyclic) bond motifs is 1. The third kappa shape index (κ3) is 5.15. The highest BCUT2D eigenvalue weighted by molar-refractivity contribution is 6.40. The Morgan fingerprint density at radius 1 is 1.08 bits per heavy atom. The molecule has 0 unspecified atom stereocenters. The summed E-state index contributed by atoms with van der Waals surface area (Å²) in [5.41, 5.74) is 6.73. The van der Waals surface area contributed by atoms with Crippen molar-refractivity contribution in [2.24, 2.45) is 4.99 Å². The Hall–Kier alpha value is -3.55. The number of carbonyl (C=O) groups is 1.